The number of nitrogens with one attached hydrogen (secondary N) is 1. The Kier molecular flexibility index (Phi) is 5.56. The van der Waals surface area contributed by atoms with Crippen LogP contribution in [0.3, 0.4) is 0 Å². The fraction of sp³-hybridized carbons (Fsp3) is 0.571. The lowest BCUT2D eigenvalue weighted by Gasteiger charge is -2.29. The van der Waals surface area contributed by atoms with Crippen molar-refractivity contribution < 1.29 is 14.2 Å². The predicted octanol–water partition coefficient (Wildman–Crippen LogP) is 2.36. The first-order valence-electron chi connectivity index (χ1n) is 6.16. The van der Waals surface area contributed by atoms with E-state index in [0.29, 0.717) is 5.75 Å². The number of halogens is 1. The molecule has 2 unspecified atom stereocenters. The maximum absolute atomic E-state index is 13.4. The van der Waals surface area contributed by atoms with Gasteiger partial charge in [0.1, 0.15) is 11.6 Å². The number of aliphatic hydroxyl groups excluding tert-OH is 1. The van der Waals surface area contributed by atoms with E-state index in [1.165, 1.54) is 12.1 Å². The van der Waals surface area contributed by atoms with Gasteiger partial charge in [0.25, 0.3) is 0 Å². The molecule has 0 fully saturated rings. The molecule has 1 aromatic rings. The maximum Gasteiger partial charge on any atom is 0.123 e. The van der Waals surface area contributed by atoms with Crippen molar-refractivity contribution in [3.8, 4) is 5.75 Å². The summed E-state index contributed by atoms with van der Waals surface area (Å²) in [5.41, 5.74) is 0.743. The SMILES string of the molecule is CNC(c1cc(F)ccc1OC)C(CO)C(C)C. The summed E-state index contributed by atoms with van der Waals surface area (Å²) in [5, 5.41) is 12.7. The second-order valence-electron chi connectivity index (χ2n) is 4.74. The van der Waals surface area contributed by atoms with E-state index in [9.17, 15) is 9.50 Å². The molecule has 0 aliphatic rings. The van der Waals surface area contributed by atoms with Crippen LogP contribution in [0.15, 0.2) is 18.2 Å². The van der Waals surface area contributed by atoms with Gasteiger partial charge in [0.2, 0.25) is 0 Å². The van der Waals surface area contributed by atoms with Gasteiger partial charge in [-0.25, -0.2) is 4.39 Å². The first kappa shape index (κ1) is 14.9. The van der Waals surface area contributed by atoms with Crippen LogP contribution in [0.4, 0.5) is 4.39 Å². The van der Waals surface area contributed by atoms with Crippen molar-refractivity contribution in [1.29, 1.82) is 0 Å². The number of ether oxygens (including phenoxy) is 1. The minimum absolute atomic E-state index is 0.00528. The van der Waals surface area contributed by atoms with Crippen LogP contribution < -0.4 is 10.1 Å². The van der Waals surface area contributed by atoms with E-state index in [1.54, 1.807) is 20.2 Å². The van der Waals surface area contributed by atoms with Crippen molar-refractivity contribution in [3.05, 3.63) is 29.6 Å². The van der Waals surface area contributed by atoms with Crippen LogP contribution >= 0.6 is 0 Å². The number of rotatable bonds is 6. The second-order valence-corrected chi connectivity index (χ2v) is 4.74. The molecule has 0 saturated heterocycles. The van der Waals surface area contributed by atoms with Gasteiger partial charge in [0, 0.05) is 24.1 Å². The molecular formula is C14H22FNO2. The average Bonchev–Trinajstić information content (AvgIpc) is 2.35. The van der Waals surface area contributed by atoms with Gasteiger partial charge in [-0.3, -0.25) is 0 Å². The molecule has 2 atom stereocenters. The van der Waals surface area contributed by atoms with E-state index in [1.807, 2.05) is 13.8 Å². The molecular weight excluding hydrogens is 233 g/mol. The fourth-order valence-electron chi connectivity index (χ4n) is 2.25. The molecule has 0 spiro atoms. The van der Waals surface area contributed by atoms with Crippen molar-refractivity contribution in [2.24, 2.45) is 11.8 Å². The molecule has 0 saturated carbocycles. The third kappa shape index (κ3) is 3.21. The Morgan fingerprint density at radius 2 is 2.06 bits per heavy atom. The molecule has 4 heteroatoms. The van der Waals surface area contributed by atoms with E-state index >= 15 is 0 Å². The van der Waals surface area contributed by atoms with Gasteiger partial charge in [-0.2, -0.15) is 0 Å². The fourth-order valence-corrected chi connectivity index (χ4v) is 2.25. The monoisotopic (exact) mass is 255 g/mol. The number of benzene rings is 1. The van der Waals surface area contributed by atoms with Crippen molar-refractivity contribution in [2.45, 2.75) is 19.9 Å². The number of hydrogen-bond donors (Lipinski definition) is 2. The summed E-state index contributed by atoms with van der Waals surface area (Å²) in [6, 6.07) is 4.31. The Balaban J connectivity index is 3.18. The van der Waals surface area contributed by atoms with Crippen LogP contribution in [0.5, 0.6) is 5.75 Å². The Bertz CT molecular complexity index is 382. The minimum atomic E-state index is -0.300. The van der Waals surface area contributed by atoms with Gasteiger partial charge in [-0.05, 0) is 31.2 Å². The largest absolute Gasteiger partial charge is 0.496 e. The quantitative estimate of drug-likeness (QED) is 0.820. The van der Waals surface area contributed by atoms with Crippen molar-refractivity contribution in [3.63, 3.8) is 0 Å². The van der Waals surface area contributed by atoms with Crippen molar-refractivity contribution in [2.75, 3.05) is 20.8 Å². The molecule has 0 bridgehead atoms. The van der Waals surface area contributed by atoms with Crippen LogP contribution in [0.25, 0.3) is 0 Å². The summed E-state index contributed by atoms with van der Waals surface area (Å²) in [4.78, 5) is 0. The van der Waals surface area contributed by atoms with Crippen molar-refractivity contribution in [1.82, 2.24) is 5.32 Å². The summed E-state index contributed by atoms with van der Waals surface area (Å²) in [6.45, 7) is 4.12. The van der Waals surface area contributed by atoms with E-state index in [2.05, 4.69) is 5.32 Å². The van der Waals surface area contributed by atoms with Gasteiger partial charge in [-0.1, -0.05) is 13.8 Å². The molecule has 0 aliphatic carbocycles. The first-order valence-corrected chi connectivity index (χ1v) is 6.16. The number of methoxy groups -OCH3 is 1. The van der Waals surface area contributed by atoms with E-state index in [0.717, 1.165) is 5.56 Å². The molecule has 2 N–H and O–H groups in total. The normalized spacial score (nSPS) is 14.6. The highest BCUT2D eigenvalue weighted by Crippen LogP contribution is 2.33. The van der Waals surface area contributed by atoms with E-state index in [-0.39, 0.29) is 30.3 Å². The zero-order chi connectivity index (χ0) is 13.7. The lowest BCUT2D eigenvalue weighted by Crippen LogP contribution is -2.31. The van der Waals surface area contributed by atoms with E-state index in [4.69, 9.17) is 4.74 Å². The van der Waals surface area contributed by atoms with Crippen LogP contribution in [-0.2, 0) is 0 Å². The van der Waals surface area contributed by atoms with Gasteiger partial charge in [0.05, 0.1) is 7.11 Å². The first-order chi connectivity index (χ1) is 8.54. The molecule has 102 valence electrons. The maximum atomic E-state index is 13.4. The molecule has 0 heterocycles. The molecule has 1 rings (SSSR count). The third-order valence-corrected chi connectivity index (χ3v) is 3.33. The Labute approximate surface area is 108 Å². The standard InChI is InChI=1S/C14H22FNO2/c1-9(2)12(8-17)14(16-3)11-7-10(15)5-6-13(11)18-4/h5-7,9,12,14,16-17H,8H2,1-4H3. The minimum Gasteiger partial charge on any atom is -0.496 e. The molecule has 18 heavy (non-hydrogen) atoms. The second kappa shape index (κ2) is 6.71. The summed E-state index contributed by atoms with van der Waals surface area (Å²) >= 11 is 0. The highest BCUT2D eigenvalue weighted by Gasteiger charge is 2.26. The predicted molar refractivity (Wildman–Crippen MR) is 70.2 cm³/mol. The average molecular weight is 255 g/mol. The number of hydrogen-bond acceptors (Lipinski definition) is 3. The lowest BCUT2D eigenvalue weighted by molar-refractivity contribution is 0.152. The Morgan fingerprint density at radius 3 is 2.50 bits per heavy atom. The Morgan fingerprint density at radius 1 is 1.39 bits per heavy atom. The third-order valence-electron chi connectivity index (χ3n) is 3.33. The molecule has 0 aliphatic heterocycles. The van der Waals surface area contributed by atoms with Crippen LogP contribution in [0, 0.1) is 17.7 Å². The smallest absolute Gasteiger partial charge is 0.123 e. The zero-order valence-corrected chi connectivity index (χ0v) is 11.4. The van der Waals surface area contributed by atoms with Crippen LogP contribution in [-0.4, -0.2) is 25.9 Å². The molecule has 1 aromatic carbocycles. The summed E-state index contributed by atoms with van der Waals surface area (Å²) in [5.74, 6) is 0.618. The van der Waals surface area contributed by atoms with Crippen molar-refractivity contribution >= 4 is 0 Å². The van der Waals surface area contributed by atoms with Gasteiger partial charge < -0.3 is 15.2 Å². The van der Waals surface area contributed by atoms with Crippen LogP contribution in [0.2, 0.25) is 0 Å². The van der Waals surface area contributed by atoms with E-state index < -0.39 is 0 Å². The van der Waals surface area contributed by atoms with Gasteiger partial charge in [0.15, 0.2) is 0 Å². The zero-order valence-electron chi connectivity index (χ0n) is 11.4. The molecule has 0 amide bonds. The summed E-state index contributed by atoms with van der Waals surface area (Å²) in [7, 11) is 3.37. The highest BCUT2D eigenvalue weighted by molar-refractivity contribution is 5.37. The summed E-state index contributed by atoms with van der Waals surface area (Å²) in [6.07, 6.45) is 0. The number of aliphatic hydroxyl groups is 1. The molecule has 3 nitrogen and oxygen atoms in total. The Hall–Kier alpha value is -1.13. The molecule has 0 radical (unpaired) electrons. The van der Waals surface area contributed by atoms with Crippen LogP contribution in [0.1, 0.15) is 25.5 Å². The lowest BCUT2D eigenvalue weighted by atomic mass is 9.84. The highest BCUT2D eigenvalue weighted by atomic mass is 19.1. The topological polar surface area (TPSA) is 41.5 Å². The summed E-state index contributed by atoms with van der Waals surface area (Å²) < 4.78 is 18.7. The molecule has 0 aromatic heterocycles. The van der Waals surface area contributed by atoms with Gasteiger partial charge >= 0.3 is 0 Å². The van der Waals surface area contributed by atoms with Gasteiger partial charge in [-0.15, -0.1) is 0 Å².